The Labute approximate surface area is 110 Å². The number of nitrogens with zero attached hydrogens (tertiary/aromatic N) is 1. The Hall–Kier alpha value is -1.03. The van der Waals surface area contributed by atoms with Crippen LogP contribution in [0.2, 0.25) is 0 Å². The van der Waals surface area contributed by atoms with Gasteiger partial charge in [-0.15, -0.1) is 6.58 Å². The third-order valence-corrected chi connectivity index (χ3v) is 3.24. The van der Waals surface area contributed by atoms with Crippen molar-refractivity contribution in [2.24, 2.45) is 5.92 Å². The van der Waals surface area contributed by atoms with E-state index in [1.165, 1.54) is 0 Å². The van der Waals surface area contributed by atoms with Gasteiger partial charge in [-0.05, 0) is 46.6 Å². The van der Waals surface area contributed by atoms with Crippen molar-refractivity contribution in [3.63, 3.8) is 0 Å². The minimum atomic E-state index is -0.418. The number of rotatable bonds is 4. The average Bonchev–Trinajstić information content (AvgIpc) is 2.72. The molecular formula is C14H26N2O2. The molecule has 1 aliphatic rings. The highest BCUT2D eigenvalue weighted by Gasteiger charge is 2.32. The highest BCUT2D eigenvalue weighted by molar-refractivity contribution is 5.68. The van der Waals surface area contributed by atoms with Gasteiger partial charge < -0.3 is 15.0 Å². The van der Waals surface area contributed by atoms with Crippen molar-refractivity contribution in [2.45, 2.75) is 45.3 Å². The minimum Gasteiger partial charge on any atom is -0.444 e. The van der Waals surface area contributed by atoms with Crippen LogP contribution in [0.4, 0.5) is 4.79 Å². The van der Waals surface area contributed by atoms with Crippen LogP contribution in [-0.2, 0) is 4.74 Å². The lowest BCUT2D eigenvalue weighted by Gasteiger charge is -2.25. The molecule has 4 nitrogen and oxygen atoms in total. The third kappa shape index (κ3) is 4.33. The molecule has 4 heteroatoms. The van der Waals surface area contributed by atoms with Gasteiger partial charge in [0.05, 0.1) is 0 Å². The van der Waals surface area contributed by atoms with E-state index < -0.39 is 5.60 Å². The first kappa shape index (κ1) is 15.0. The molecule has 0 aliphatic carbocycles. The maximum atomic E-state index is 11.9. The van der Waals surface area contributed by atoms with Gasteiger partial charge in [0.15, 0.2) is 0 Å². The predicted octanol–water partition coefficient (Wildman–Crippen LogP) is 2.41. The number of hydrogen-bond acceptors (Lipinski definition) is 3. The second-order valence-corrected chi connectivity index (χ2v) is 5.89. The molecule has 0 aromatic rings. The maximum absolute atomic E-state index is 11.9. The Balaban J connectivity index is 2.50. The fraction of sp³-hybridized carbons (Fsp3) is 0.786. The number of likely N-dealkylation sites (tertiary alicyclic amines) is 1. The predicted molar refractivity (Wildman–Crippen MR) is 73.6 cm³/mol. The van der Waals surface area contributed by atoms with Crippen molar-refractivity contribution in [1.29, 1.82) is 0 Å². The molecule has 1 saturated heterocycles. The van der Waals surface area contributed by atoms with E-state index >= 15 is 0 Å². The summed E-state index contributed by atoms with van der Waals surface area (Å²) in [6, 6.07) is 0.398. The maximum Gasteiger partial charge on any atom is 0.410 e. The van der Waals surface area contributed by atoms with Crippen LogP contribution in [0.1, 0.15) is 33.6 Å². The normalized spacial score (nSPS) is 21.8. The second-order valence-electron chi connectivity index (χ2n) is 5.89. The molecule has 1 aliphatic heterocycles. The van der Waals surface area contributed by atoms with Gasteiger partial charge in [-0.3, -0.25) is 0 Å². The fourth-order valence-electron chi connectivity index (χ4n) is 2.33. The van der Waals surface area contributed by atoms with Crippen LogP contribution in [-0.4, -0.2) is 42.8 Å². The first-order valence-electron chi connectivity index (χ1n) is 6.63. The molecule has 1 rings (SSSR count). The number of ether oxygens (including phenoxy) is 1. The third-order valence-electron chi connectivity index (χ3n) is 3.24. The molecule has 0 bridgehead atoms. The number of carbonyl (C=O) groups excluding carboxylic acids is 1. The molecule has 2 atom stereocenters. The van der Waals surface area contributed by atoms with Crippen LogP contribution < -0.4 is 5.32 Å². The number of hydrogen-bond donors (Lipinski definition) is 1. The van der Waals surface area contributed by atoms with Gasteiger partial charge in [0.25, 0.3) is 0 Å². The topological polar surface area (TPSA) is 41.6 Å². The Morgan fingerprint density at radius 1 is 1.61 bits per heavy atom. The Morgan fingerprint density at radius 2 is 2.28 bits per heavy atom. The molecule has 0 radical (unpaired) electrons. The molecule has 1 amide bonds. The lowest BCUT2D eigenvalue weighted by atomic mass is 9.96. The van der Waals surface area contributed by atoms with Gasteiger partial charge in [0.2, 0.25) is 0 Å². The molecule has 2 unspecified atom stereocenters. The van der Waals surface area contributed by atoms with Crippen molar-refractivity contribution in [3.8, 4) is 0 Å². The number of amides is 1. The van der Waals surface area contributed by atoms with Crippen molar-refractivity contribution in [3.05, 3.63) is 12.7 Å². The van der Waals surface area contributed by atoms with Crippen LogP contribution in [0.3, 0.4) is 0 Å². The van der Waals surface area contributed by atoms with Crippen LogP contribution in [0.15, 0.2) is 12.7 Å². The van der Waals surface area contributed by atoms with E-state index in [1.54, 1.807) is 0 Å². The van der Waals surface area contributed by atoms with Crippen molar-refractivity contribution < 1.29 is 9.53 Å². The lowest BCUT2D eigenvalue weighted by Crippen LogP contribution is -2.38. The van der Waals surface area contributed by atoms with Crippen molar-refractivity contribution in [1.82, 2.24) is 10.2 Å². The van der Waals surface area contributed by atoms with Gasteiger partial charge in [0, 0.05) is 19.1 Å². The largest absolute Gasteiger partial charge is 0.444 e. The highest BCUT2D eigenvalue weighted by Crippen LogP contribution is 2.23. The van der Waals surface area contributed by atoms with Gasteiger partial charge in [-0.1, -0.05) is 6.08 Å². The number of carbonyl (C=O) groups is 1. The molecule has 0 aromatic carbocycles. The van der Waals surface area contributed by atoms with Gasteiger partial charge in [-0.2, -0.15) is 0 Å². The van der Waals surface area contributed by atoms with E-state index in [-0.39, 0.29) is 6.09 Å². The molecule has 0 aromatic heterocycles. The molecule has 0 spiro atoms. The SMILES string of the molecule is C=CCC(NC)C1CCN(C(=O)OC(C)(C)C)C1. The zero-order chi connectivity index (χ0) is 13.8. The molecule has 0 saturated carbocycles. The monoisotopic (exact) mass is 254 g/mol. The summed E-state index contributed by atoms with van der Waals surface area (Å²) < 4.78 is 5.39. The van der Waals surface area contributed by atoms with Crippen LogP contribution in [0.25, 0.3) is 0 Å². The summed E-state index contributed by atoms with van der Waals surface area (Å²) in [6.07, 6.45) is 3.69. The second kappa shape index (κ2) is 6.23. The van der Waals surface area contributed by atoms with Gasteiger partial charge in [-0.25, -0.2) is 4.79 Å². The molecule has 1 fully saturated rings. The zero-order valence-corrected chi connectivity index (χ0v) is 12.0. The summed E-state index contributed by atoms with van der Waals surface area (Å²) in [4.78, 5) is 13.7. The van der Waals surface area contributed by atoms with Crippen molar-refractivity contribution >= 4 is 6.09 Å². The summed E-state index contributed by atoms with van der Waals surface area (Å²) in [6.45, 7) is 11.0. The average molecular weight is 254 g/mol. The van der Waals surface area contributed by atoms with Crippen LogP contribution in [0.5, 0.6) is 0 Å². The Morgan fingerprint density at radius 3 is 2.78 bits per heavy atom. The summed E-state index contributed by atoms with van der Waals surface area (Å²) in [5.74, 6) is 0.487. The smallest absolute Gasteiger partial charge is 0.410 e. The summed E-state index contributed by atoms with van der Waals surface area (Å²) >= 11 is 0. The first-order chi connectivity index (χ1) is 8.37. The Bertz CT molecular complexity index is 297. The van der Waals surface area contributed by atoms with E-state index in [0.29, 0.717) is 12.0 Å². The van der Waals surface area contributed by atoms with Gasteiger partial charge >= 0.3 is 6.09 Å². The summed E-state index contributed by atoms with van der Waals surface area (Å²) in [5, 5.41) is 3.30. The molecular weight excluding hydrogens is 228 g/mol. The standard InChI is InChI=1S/C14H26N2O2/c1-6-7-12(15-5)11-8-9-16(10-11)13(17)18-14(2,3)4/h6,11-12,15H,1,7-10H2,2-5H3. The molecule has 1 N–H and O–H groups in total. The first-order valence-corrected chi connectivity index (χ1v) is 6.63. The quantitative estimate of drug-likeness (QED) is 0.783. The van der Waals surface area contributed by atoms with Crippen molar-refractivity contribution in [2.75, 3.05) is 20.1 Å². The van der Waals surface area contributed by atoms with Crippen LogP contribution in [0, 0.1) is 5.92 Å². The summed E-state index contributed by atoms with van der Waals surface area (Å²) in [5.41, 5.74) is -0.418. The molecule has 104 valence electrons. The van der Waals surface area contributed by atoms with E-state index in [1.807, 2.05) is 38.8 Å². The molecule has 18 heavy (non-hydrogen) atoms. The fourth-order valence-corrected chi connectivity index (χ4v) is 2.33. The van der Waals surface area contributed by atoms with E-state index in [4.69, 9.17) is 4.74 Å². The lowest BCUT2D eigenvalue weighted by molar-refractivity contribution is 0.0286. The van der Waals surface area contributed by atoms with E-state index in [2.05, 4.69) is 11.9 Å². The zero-order valence-electron chi connectivity index (χ0n) is 12.0. The minimum absolute atomic E-state index is 0.196. The van der Waals surface area contributed by atoms with E-state index in [0.717, 1.165) is 25.9 Å². The number of nitrogens with one attached hydrogen (secondary N) is 1. The highest BCUT2D eigenvalue weighted by atomic mass is 16.6. The van der Waals surface area contributed by atoms with E-state index in [9.17, 15) is 4.79 Å². The molecule has 1 heterocycles. The summed E-state index contributed by atoms with van der Waals surface area (Å²) in [7, 11) is 1.96. The Kier molecular flexibility index (Phi) is 5.20. The van der Waals surface area contributed by atoms with Gasteiger partial charge in [0.1, 0.15) is 5.60 Å². The van der Waals surface area contributed by atoms with Crippen LogP contribution >= 0.6 is 0 Å².